The van der Waals surface area contributed by atoms with Gasteiger partial charge in [-0.1, -0.05) is 30.3 Å². The van der Waals surface area contributed by atoms with Gasteiger partial charge in [0.1, 0.15) is 0 Å². The predicted molar refractivity (Wildman–Crippen MR) is 74.7 cm³/mol. The predicted octanol–water partition coefficient (Wildman–Crippen LogP) is 2.32. The Bertz CT molecular complexity index is 470. The summed E-state index contributed by atoms with van der Waals surface area (Å²) in [5, 5.41) is 2.69. The number of hydrogen-bond donors (Lipinski definition) is 2. The van der Waals surface area contributed by atoms with Crippen LogP contribution < -0.4 is 5.32 Å². The van der Waals surface area contributed by atoms with Crippen molar-refractivity contribution in [2.45, 2.75) is 6.42 Å². The van der Waals surface area contributed by atoms with Gasteiger partial charge in [0.05, 0.1) is 5.75 Å². The number of nitrogens with zero attached hydrogens (tertiary/aromatic N) is 1. The van der Waals surface area contributed by atoms with Crippen LogP contribution in [0.3, 0.4) is 0 Å². The topological polar surface area (TPSA) is 57.8 Å². The third-order valence-corrected chi connectivity index (χ3v) is 3.33. The number of carbonyl (C=O) groups excluding carboxylic acids is 1. The van der Waals surface area contributed by atoms with Gasteiger partial charge in [-0.2, -0.15) is 11.8 Å². The van der Waals surface area contributed by atoms with Gasteiger partial charge in [0, 0.05) is 12.4 Å². The number of benzene rings is 1. The van der Waals surface area contributed by atoms with Crippen LogP contribution in [-0.4, -0.2) is 27.4 Å². The molecule has 2 N–H and O–H groups in total. The number of H-pyrrole nitrogens is 1. The van der Waals surface area contributed by atoms with Gasteiger partial charge in [-0.15, -0.1) is 0 Å². The number of amides is 1. The van der Waals surface area contributed by atoms with Crippen LogP contribution >= 0.6 is 11.8 Å². The first-order valence-electron chi connectivity index (χ1n) is 5.75. The number of rotatable bonds is 6. The lowest BCUT2D eigenvalue weighted by Gasteiger charge is -2.02. The molecule has 18 heavy (non-hydrogen) atoms. The number of aromatic amines is 1. The monoisotopic (exact) mass is 261 g/mol. The summed E-state index contributed by atoms with van der Waals surface area (Å²) in [4.78, 5) is 18.3. The Morgan fingerprint density at radius 3 is 2.89 bits per heavy atom. The number of imidazole rings is 1. The second-order valence-electron chi connectivity index (χ2n) is 3.77. The first kappa shape index (κ1) is 12.7. The Morgan fingerprint density at radius 1 is 1.33 bits per heavy atom. The maximum absolute atomic E-state index is 11.5. The van der Waals surface area contributed by atoms with Crippen molar-refractivity contribution >= 4 is 23.6 Å². The van der Waals surface area contributed by atoms with Crippen LogP contribution in [0.15, 0.2) is 42.7 Å². The molecule has 1 aromatic carbocycles. The van der Waals surface area contributed by atoms with Gasteiger partial charge in [-0.05, 0) is 17.7 Å². The maximum Gasteiger partial charge on any atom is 0.236 e. The molecule has 0 aliphatic carbocycles. The lowest BCUT2D eigenvalue weighted by molar-refractivity contribution is -0.113. The van der Waals surface area contributed by atoms with E-state index in [0.717, 1.165) is 12.2 Å². The average Bonchev–Trinajstić information content (AvgIpc) is 2.89. The first-order chi connectivity index (χ1) is 8.84. The zero-order valence-corrected chi connectivity index (χ0v) is 10.7. The quantitative estimate of drug-likeness (QED) is 0.785. The lowest BCUT2D eigenvalue weighted by Crippen LogP contribution is -2.15. The molecular formula is C13H15N3OS. The summed E-state index contributed by atoms with van der Waals surface area (Å²) in [6.45, 7) is 0. The Labute approximate surface area is 110 Å². The molecule has 0 unspecified atom stereocenters. The zero-order chi connectivity index (χ0) is 12.6. The number of carbonyl (C=O) groups is 1. The molecule has 2 rings (SSSR count). The van der Waals surface area contributed by atoms with E-state index in [1.807, 2.05) is 18.2 Å². The van der Waals surface area contributed by atoms with Crippen molar-refractivity contribution in [3.05, 3.63) is 48.3 Å². The molecule has 5 heteroatoms. The zero-order valence-electron chi connectivity index (χ0n) is 9.93. The molecular weight excluding hydrogens is 246 g/mol. The highest BCUT2D eigenvalue weighted by Crippen LogP contribution is 2.07. The summed E-state index contributed by atoms with van der Waals surface area (Å²) >= 11 is 1.62. The molecule has 0 saturated heterocycles. The summed E-state index contributed by atoms with van der Waals surface area (Å²) in [5.41, 5.74) is 1.30. The third kappa shape index (κ3) is 4.25. The Kier molecular flexibility index (Phi) is 4.84. The number of hydrogen-bond acceptors (Lipinski definition) is 3. The van der Waals surface area contributed by atoms with E-state index in [-0.39, 0.29) is 5.91 Å². The molecule has 0 bridgehead atoms. The molecule has 0 saturated carbocycles. The van der Waals surface area contributed by atoms with Crippen molar-refractivity contribution < 1.29 is 4.79 Å². The van der Waals surface area contributed by atoms with E-state index >= 15 is 0 Å². The van der Waals surface area contributed by atoms with Crippen molar-refractivity contribution in [2.75, 3.05) is 16.8 Å². The number of aromatic nitrogens is 2. The molecule has 4 nitrogen and oxygen atoms in total. The van der Waals surface area contributed by atoms with Crippen LogP contribution in [0.5, 0.6) is 0 Å². The van der Waals surface area contributed by atoms with E-state index in [9.17, 15) is 4.79 Å². The highest BCUT2D eigenvalue weighted by Gasteiger charge is 2.03. The Hall–Kier alpha value is -1.75. The lowest BCUT2D eigenvalue weighted by atomic mass is 10.2. The fourth-order valence-corrected chi connectivity index (χ4v) is 2.28. The Balaban J connectivity index is 1.62. The van der Waals surface area contributed by atoms with Crippen LogP contribution in [0, 0.1) is 0 Å². The van der Waals surface area contributed by atoms with Gasteiger partial charge in [-0.3, -0.25) is 10.1 Å². The molecule has 0 atom stereocenters. The smallest absolute Gasteiger partial charge is 0.236 e. The molecule has 1 aromatic heterocycles. The second kappa shape index (κ2) is 6.86. The van der Waals surface area contributed by atoms with Gasteiger partial charge < -0.3 is 4.98 Å². The minimum absolute atomic E-state index is 0.0250. The SMILES string of the molecule is O=C(CSCCc1ccccc1)Nc1ncc[nH]1. The van der Waals surface area contributed by atoms with E-state index in [1.54, 1.807) is 24.2 Å². The van der Waals surface area contributed by atoms with E-state index in [4.69, 9.17) is 0 Å². The summed E-state index contributed by atoms with van der Waals surface area (Å²) in [5.74, 6) is 1.87. The van der Waals surface area contributed by atoms with E-state index in [2.05, 4.69) is 27.4 Å². The van der Waals surface area contributed by atoms with E-state index < -0.39 is 0 Å². The number of thioether (sulfide) groups is 1. The van der Waals surface area contributed by atoms with Gasteiger partial charge in [0.2, 0.25) is 11.9 Å². The van der Waals surface area contributed by atoms with Crippen molar-refractivity contribution in [1.29, 1.82) is 0 Å². The highest BCUT2D eigenvalue weighted by atomic mass is 32.2. The van der Waals surface area contributed by atoms with Crippen LogP contribution in [0.1, 0.15) is 5.56 Å². The molecule has 0 spiro atoms. The molecule has 0 radical (unpaired) electrons. The molecule has 0 aliphatic heterocycles. The van der Waals surface area contributed by atoms with Crippen LogP contribution in [0.25, 0.3) is 0 Å². The number of nitrogens with one attached hydrogen (secondary N) is 2. The molecule has 0 aliphatic rings. The van der Waals surface area contributed by atoms with Gasteiger partial charge >= 0.3 is 0 Å². The first-order valence-corrected chi connectivity index (χ1v) is 6.91. The van der Waals surface area contributed by atoms with Crippen molar-refractivity contribution in [3.8, 4) is 0 Å². The number of anilines is 1. The van der Waals surface area contributed by atoms with Crippen LogP contribution in [0.4, 0.5) is 5.95 Å². The van der Waals surface area contributed by atoms with Crippen LogP contribution in [-0.2, 0) is 11.2 Å². The summed E-state index contributed by atoms with van der Waals surface area (Å²) < 4.78 is 0. The van der Waals surface area contributed by atoms with Crippen LogP contribution in [0.2, 0.25) is 0 Å². The normalized spacial score (nSPS) is 10.2. The summed E-state index contributed by atoms with van der Waals surface area (Å²) in [6, 6.07) is 10.3. The molecule has 1 heterocycles. The van der Waals surface area contributed by atoms with Gasteiger partial charge in [0.25, 0.3) is 0 Å². The molecule has 94 valence electrons. The van der Waals surface area contributed by atoms with Crippen molar-refractivity contribution in [1.82, 2.24) is 9.97 Å². The minimum atomic E-state index is -0.0250. The second-order valence-corrected chi connectivity index (χ2v) is 4.88. The molecule has 1 amide bonds. The third-order valence-electron chi connectivity index (χ3n) is 2.37. The highest BCUT2D eigenvalue weighted by molar-refractivity contribution is 7.99. The van der Waals surface area contributed by atoms with E-state index in [1.165, 1.54) is 5.56 Å². The van der Waals surface area contributed by atoms with Gasteiger partial charge in [-0.25, -0.2) is 4.98 Å². The summed E-state index contributed by atoms with van der Waals surface area (Å²) in [6.07, 6.45) is 4.27. The Morgan fingerprint density at radius 2 is 2.17 bits per heavy atom. The van der Waals surface area contributed by atoms with E-state index in [0.29, 0.717) is 11.7 Å². The standard InChI is InChI=1S/C13H15N3OS/c17-12(16-13-14-7-8-15-13)10-18-9-6-11-4-2-1-3-5-11/h1-5,7-8H,6,9-10H2,(H2,14,15,16,17). The van der Waals surface area contributed by atoms with Crippen molar-refractivity contribution in [2.24, 2.45) is 0 Å². The van der Waals surface area contributed by atoms with Gasteiger partial charge in [0.15, 0.2) is 0 Å². The molecule has 0 fully saturated rings. The fourth-order valence-electron chi connectivity index (χ4n) is 1.50. The maximum atomic E-state index is 11.5. The largest absolute Gasteiger partial charge is 0.331 e. The van der Waals surface area contributed by atoms with Crippen molar-refractivity contribution in [3.63, 3.8) is 0 Å². The average molecular weight is 261 g/mol. The minimum Gasteiger partial charge on any atom is -0.331 e. The summed E-state index contributed by atoms with van der Waals surface area (Å²) in [7, 11) is 0. The molecule has 2 aromatic rings. The number of aryl methyl sites for hydroxylation is 1. The fraction of sp³-hybridized carbons (Fsp3) is 0.231.